The fourth-order valence-electron chi connectivity index (χ4n) is 0.639. The van der Waals surface area contributed by atoms with Crippen LogP contribution < -0.4 is 16.8 Å². The smallest absolute Gasteiger partial charge is 0.0502 e. The third-order valence-electron chi connectivity index (χ3n) is 1.08. The Hall–Kier alpha value is -0.810. The molecule has 5 heteroatoms. The molecular formula is C6H9ClN4. The number of hydrazine groups is 3. The lowest BCUT2D eigenvalue weighted by Gasteiger charge is -2.10. The summed E-state index contributed by atoms with van der Waals surface area (Å²) in [5.41, 5.74) is 6.14. The van der Waals surface area contributed by atoms with Crippen LogP contribution in [0.1, 0.15) is 0 Å². The summed E-state index contributed by atoms with van der Waals surface area (Å²) >= 11 is 5.27. The van der Waals surface area contributed by atoms with Gasteiger partial charge in [-0.05, 0) is 12.1 Å². The second kappa shape index (κ2) is 4.15. The molecule has 1 aromatic rings. The molecule has 0 aliphatic carbocycles. The molecule has 4 N–H and O–H groups in total. The molecule has 0 aromatic heterocycles. The van der Waals surface area contributed by atoms with E-state index in [1.165, 1.54) is 0 Å². The Morgan fingerprint density at radius 2 is 1.91 bits per heavy atom. The summed E-state index contributed by atoms with van der Waals surface area (Å²) in [6.07, 6.45) is 0. The molecule has 0 unspecified atom stereocenters. The summed E-state index contributed by atoms with van der Waals surface area (Å²) < 4.78 is 0.812. The van der Waals surface area contributed by atoms with E-state index < -0.39 is 0 Å². The zero-order valence-electron chi connectivity index (χ0n) is 5.79. The van der Waals surface area contributed by atoms with Crippen LogP contribution >= 0.6 is 11.8 Å². The molecule has 0 fully saturated rings. The summed E-state index contributed by atoms with van der Waals surface area (Å²) in [6.45, 7) is 0. The first kappa shape index (κ1) is 8.29. The van der Waals surface area contributed by atoms with Crippen LogP contribution in [0.5, 0.6) is 0 Å². The van der Waals surface area contributed by atoms with E-state index in [1.807, 2.05) is 30.3 Å². The van der Waals surface area contributed by atoms with Gasteiger partial charge in [0.15, 0.2) is 0 Å². The van der Waals surface area contributed by atoms with Crippen LogP contribution in [0.3, 0.4) is 0 Å². The molecule has 0 aliphatic heterocycles. The first-order valence-electron chi connectivity index (χ1n) is 3.06. The molecule has 0 amide bonds. The van der Waals surface area contributed by atoms with E-state index in [-0.39, 0.29) is 0 Å². The maximum Gasteiger partial charge on any atom is 0.0502 e. The van der Waals surface area contributed by atoms with Crippen LogP contribution in [0.15, 0.2) is 30.3 Å². The molecule has 0 saturated heterocycles. The van der Waals surface area contributed by atoms with Crippen LogP contribution in [-0.2, 0) is 0 Å². The molecule has 4 nitrogen and oxygen atoms in total. The molecule has 0 atom stereocenters. The summed E-state index contributed by atoms with van der Waals surface area (Å²) in [4.78, 5) is 0. The van der Waals surface area contributed by atoms with Crippen LogP contribution in [0.4, 0.5) is 5.69 Å². The van der Waals surface area contributed by atoms with Gasteiger partial charge in [-0.3, -0.25) is 0 Å². The number of nitrogens with one attached hydrogen (secondary N) is 2. The van der Waals surface area contributed by atoms with E-state index in [0.717, 1.165) is 10.3 Å². The molecule has 0 radical (unpaired) electrons. The number of rotatable bonds is 3. The van der Waals surface area contributed by atoms with Gasteiger partial charge in [0.05, 0.1) is 5.69 Å². The number of benzene rings is 1. The highest BCUT2D eigenvalue weighted by molar-refractivity contribution is 6.12. The van der Waals surface area contributed by atoms with Crippen molar-refractivity contribution in [1.82, 2.24) is 10.2 Å². The van der Waals surface area contributed by atoms with Gasteiger partial charge in [-0.1, -0.05) is 22.8 Å². The Bertz CT molecular complexity index is 201. The standard InChI is InChI=1S/C6H9ClN4/c7-11(8)10-9-6-4-2-1-3-5-6/h1-5,9-10H,8H2. The maximum absolute atomic E-state index is 5.27. The number of anilines is 1. The van der Waals surface area contributed by atoms with E-state index in [0.29, 0.717) is 0 Å². The van der Waals surface area contributed by atoms with Crippen molar-refractivity contribution in [2.24, 2.45) is 5.84 Å². The average Bonchev–Trinajstić information content (AvgIpc) is 2.03. The lowest BCUT2D eigenvalue weighted by Crippen LogP contribution is -2.39. The fourth-order valence-corrected chi connectivity index (χ4v) is 0.682. The van der Waals surface area contributed by atoms with E-state index in [2.05, 4.69) is 11.0 Å². The van der Waals surface area contributed by atoms with Gasteiger partial charge in [-0.15, -0.1) is 5.53 Å². The average molecular weight is 173 g/mol. The second-order valence-corrected chi connectivity index (χ2v) is 2.28. The van der Waals surface area contributed by atoms with E-state index in [1.54, 1.807) is 0 Å². The minimum atomic E-state index is 0.812. The molecule has 60 valence electrons. The highest BCUT2D eigenvalue weighted by Gasteiger charge is 1.89. The molecule has 1 rings (SSSR count). The first-order chi connectivity index (χ1) is 5.29. The lowest BCUT2D eigenvalue weighted by atomic mass is 10.3. The fraction of sp³-hybridized carbons (Fsp3) is 0. The quantitative estimate of drug-likeness (QED) is 0.360. The molecule has 0 spiro atoms. The van der Waals surface area contributed by atoms with Gasteiger partial charge in [0, 0.05) is 11.8 Å². The normalized spacial score (nSPS) is 10.1. The lowest BCUT2D eigenvalue weighted by molar-refractivity contribution is 0.386. The monoisotopic (exact) mass is 172 g/mol. The van der Waals surface area contributed by atoms with Crippen molar-refractivity contribution in [2.45, 2.75) is 0 Å². The minimum absolute atomic E-state index is 0.812. The highest BCUT2D eigenvalue weighted by Crippen LogP contribution is 2.02. The van der Waals surface area contributed by atoms with Crippen molar-refractivity contribution >= 4 is 17.5 Å². The SMILES string of the molecule is NN(Cl)NNc1ccccc1. The van der Waals surface area contributed by atoms with Crippen LogP contribution in [0.25, 0.3) is 0 Å². The van der Waals surface area contributed by atoms with E-state index in [4.69, 9.17) is 17.6 Å². The summed E-state index contributed by atoms with van der Waals surface area (Å²) in [6, 6.07) is 9.49. The van der Waals surface area contributed by atoms with Crippen LogP contribution in [-0.4, -0.2) is 4.64 Å². The van der Waals surface area contributed by atoms with Crippen molar-refractivity contribution < 1.29 is 0 Å². The van der Waals surface area contributed by atoms with Crippen molar-refractivity contribution in [3.63, 3.8) is 0 Å². The van der Waals surface area contributed by atoms with Gasteiger partial charge < -0.3 is 5.43 Å². The van der Waals surface area contributed by atoms with Crippen molar-refractivity contribution in [3.8, 4) is 0 Å². The van der Waals surface area contributed by atoms with Crippen LogP contribution in [0.2, 0.25) is 0 Å². The topological polar surface area (TPSA) is 53.3 Å². The Labute approximate surface area is 70.0 Å². The molecule has 0 aliphatic rings. The van der Waals surface area contributed by atoms with Crippen molar-refractivity contribution in [1.29, 1.82) is 0 Å². The molecular weight excluding hydrogens is 164 g/mol. The highest BCUT2D eigenvalue weighted by atomic mass is 35.5. The number of halogens is 1. The number of hydrogen-bond acceptors (Lipinski definition) is 4. The zero-order chi connectivity index (χ0) is 8.10. The number of nitrogens with two attached hydrogens (primary N) is 1. The molecule has 11 heavy (non-hydrogen) atoms. The van der Waals surface area contributed by atoms with E-state index >= 15 is 0 Å². The summed E-state index contributed by atoms with van der Waals surface area (Å²) in [5.74, 6) is 5.07. The van der Waals surface area contributed by atoms with Gasteiger partial charge in [-0.25, -0.2) is 5.84 Å². The third kappa shape index (κ3) is 3.20. The van der Waals surface area contributed by atoms with Gasteiger partial charge in [0.1, 0.15) is 0 Å². The second-order valence-electron chi connectivity index (χ2n) is 1.91. The Kier molecular flexibility index (Phi) is 3.13. The zero-order valence-corrected chi connectivity index (χ0v) is 6.55. The number of hydrogen-bond donors (Lipinski definition) is 3. The maximum atomic E-state index is 5.27. The van der Waals surface area contributed by atoms with Crippen molar-refractivity contribution in [2.75, 3.05) is 5.43 Å². The largest absolute Gasteiger partial charge is 0.306 e. The molecule has 0 saturated carbocycles. The van der Waals surface area contributed by atoms with Crippen molar-refractivity contribution in [3.05, 3.63) is 30.3 Å². The first-order valence-corrected chi connectivity index (χ1v) is 3.40. The summed E-state index contributed by atoms with van der Waals surface area (Å²) in [5, 5.41) is 0. The van der Waals surface area contributed by atoms with Gasteiger partial charge in [-0.2, -0.15) is 0 Å². The summed E-state index contributed by atoms with van der Waals surface area (Å²) in [7, 11) is 0. The molecule has 1 aromatic carbocycles. The van der Waals surface area contributed by atoms with Gasteiger partial charge >= 0.3 is 0 Å². The van der Waals surface area contributed by atoms with E-state index in [9.17, 15) is 0 Å². The minimum Gasteiger partial charge on any atom is -0.306 e. The number of nitrogens with zero attached hydrogens (tertiary/aromatic N) is 1. The predicted octanol–water partition coefficient (Wildman–Crippen LogP) is 0.848. The van der Waals surface area contributed by atoms with Gasteiger partial charge in [0.2, 0.25) is 0 Å². The Balaban J connectivity index is 2.39. The predicted molar refractivity (Wildman–Crippen MR) is 45.1 cm³/mol. The third-order valence-corrected chi connectivity index (χ3v) is 1.17. The number of para-hydroxylation sites is 1. The van der Waals surface area contributed by atoms with Crippen LogP contribution in [0, 0.1) is 0 Å². The van der Waals surface area contributed by atoms with Gasteiger partial charge in [0.25, 0.3) is 0 Å². The Morgan fingerprint density at radius 1 is 1.27 bits per heavy atom. The Morgan fingerprint density at radius 3 is 2.45 bits per heavy atom. The molecule has 0 heterocycles. The molecule has 0 bridgehead atoms.